The number of ketones is 1. The molecule has 0 aliphatic rings. The molecule has 8 nitrogen and oxygen atoms in total. The van der Waals surface area contributed by atoms with E-state index in [0.717, 1.165) is 0 Å². The van der Waals surface area contributed by atoms with Crippen molar-refractivity contribution in [1.82, 2.24) is 10.3 Å². The van der Waals surface area contributed by atoms with E-state index < -0.39 is 11.9 Å². The van der Waals surface area contributed by atoms with E-state index in [9.17, 15) is 19.5 Å². The summed E-state index contributed by atoms with van der Waals surface area (Å²) in [4.78, 5) is 42.2. The standard InChI is InChI=1S/C26H21N3O5/c1-15(30)16-11-12-20-18(13-16)19(14-22(27-20)17-7-3-5-9-23(17)31)25(32)29-26(33)28-21-8-4-6-10-24(21)34-2/h3-14,31H,1-2H3,(H2,28,29,32,33). The van der Waals surface area contributed by atoms with Crippen LogP contribution in [-0.4, -0.2) is 34.9 Å². The number of benzene rings is 3. The first-order valence-corrected chi connectivity index (χ1v) is 10.4. The topological polar surface area (TPSA) is 118 Å². The number of phenolic OH excluding ortho intramolecular Hbond substituents is 1. The molecule has 3 N–H and O–H groups in total. The minimum Gasteiger partial charge on any atom is -0.507 e. The zero-order chi connectivity index (χ0) is 24.2. The van der Waals surface area contributed by atoms with Gasteiger partial charge in [-0.2, -0.15) is 0 Å². The van der Waals surface area contributed by atoms with E-state index in [0.29, 0.717) is 39.2 Å². The number of hydrogen-bond donors (Lipinski definition) is 3. The Balaban J connectivity index is 1.74. The van der Waals surface area contributed by atoms with Crippen LogP contribution in [0.4, 0.5) is 10.5 Å². The van der Waals surface area contributed by atoms with Crippen LogP contribution in [0.1, 0.15) is 27.6 Å². The predicted molar refractivity (Wildman–Crippen MR) is 128 cm³/mol. The molecular formula is C26H21N3O5. The molecule has 8 heteroatoms. The number of fused-ring (bicyclic) bond motifs is 1. The lowest BCUT2D eigenvalue weighted by molar-refractivity contribution is 0.0966. The number of nitrogens with zero attached hydrogens (tertiary/aromatic N) is 1. The summed E-state index contributed by atoms with van der Waals surface area (Å²) in [5.74, 6) is -0.438. The number of phenols is 1. The Labute approximate surface area is 195 Å². The Hall–Kier alpha value is -4.72. The molecule has 0 radical (unpaired) electrons. The van der Waals surface area contributed by atoms with Crippen LogP contribution in [-0.2, 0) is 0 Å². The van der Waals surface area contributed by atoms with Gasteiger partial charge in [0.15, 0.2) is 5.78 Å². The summed E-state index contributed by atoms with van der Waals surface area (Å²) in [5, 5.41) is 15.6. The molecule has 3 aromatic carbocycles. The summed E-state index contributed by atoms with van der Waals surface area (Å²) in [6.45, 7) is 1.42. The number of amides is 3. The monoisotopic (exact) mass is 455 g/mol. The van der Waals surface area contributed by atoms with Gasteiger partial charge in [0.05, 0.1) is 29.6 Å². The number of Topliss-reactive ketones (excluding diaryl/α,β-unsaturated/α-hetero) is 1. The zero-order valence-electron chi connectivity index (χ0n) is 18.5. The average Bonchev–Trinajstić information content (AvgIpc) is 2.83. The van der Waals surface area contributed by atoms with E-state index in [1.807, 2.05) is 0 Å². The van der Waals surface area contributed by atoms with Crippen LogP contribution in [0.2, 0.25) is 0 Å². The maximum atomic E-state index is 13.2. The molecule has 0 aliphatic heterocycles. The fraction of sp³-hybridized carbons (Fsp3) is 0.0769. The molecule has 1 aromatic heterocycles. The third-order valence-corrected chi connectivity index (χ3v) is 5.22. The number of pyridine rings is 1. The number of rotatable bonds is 5. The van der Waals surface area contributed by atoms with Gasteiger partial charge in [-0.05, 0) is 55.5 Å². The van der Waals surface area contributed by atoms with E-state index in [1.54, 1.807) is 60.7 Å². The fourth-order valence-electron chi connectivity index (χ4n) is 3.53. The summed E-state index contributed by atoms with van der Waals surface area (Å²) >= 11 is 0. The van der Waals surface area contributed by atoms with Crippen LogP contribution >= 0.6 is 0 Å². The Bertz CT molecular complexity index is 1430. The van der Waals surface area contributed by atoms with Crippen molar-refractivity contribution in [2.45, 2.75) is 6.92 Å². The van der Waals surface area contributed by atoms with Crippen molar-refractivity contribution in [3.05, 3.63) is 83.9 Å². The fourth-order valence-corrected chi connectivity index (χ4v) is 3.53. The van der Waals surface area contributed by atoms with Crippen LogP contribution in [0, 0.1) is 0 Å². The Kier molecular flexibility index (Phi) is 6.22. The number of aromatic hydroxyl groups is 1. The second kappa shape index (κ2) is 9.41. The lowest BCUT2D eigenvalue weighted by Crippen LogP contribution is -2.34. The smallest absolute Gasteiger partial charge is 0.326 e. The van der Waals surface area contributed by atoms with Gasteiger partial charge in [0.25, 0.3) is 5.91 Å². The highest BCUT2D eigenvalue weighted by atomic mass is 16.5. The van der Waals surface area contributed by atoms with Gasteiger partial charge >= 0.3 is 6.03 Å². The number of ether oxygens (including phenoxy) is 1. The van der Waals surface area contributed by atoms with Crippen molar-refractivity contribution in [3.8, 4) is 22.8 Å². The molecule has 170 valence electrons. The second-order valence-electron chi connectivity index (χ2n) is 7.47. The highest BCUT2D eigenvalue weighted by Crippen LogP contribution is 2.31. The summed E-state index contributed by atoms with van der Waals surface area (Å²) < 4.78 is 5.21. The van der Waals surface area contributed by atoms with Crippen molar-refractivity contribution in [2.75, 3.05) is 12.4 Å². The zero-order valence-corrected chi connectivity index (χ0v) is 18.5. The molecule has 4 rings (SSSR count). The molecule has 4 aromatic rings. The molecule has 0 fully saturated rings. The average molecular weight is 455 g/mol. The van der Waals surface area contributed by atoms with Crippen LogP contribution in [0.25, 0.3) is 22.2 Å². The largest absolute Gasteiger partial charge is 0.507 e. The van der Waals surface area contributed by atoms with Crippen molar-refractivity contribution in [1.29, 1.82) is 0 Å². The number of imide groups is 1. The summed E-state index contributed by atoms with van der Waals surface area (Å²) in [6, 6.07) is 18.9. The van der Waals surface area contributed by atoms with Gasteiger partial charge in [0.1, 0.15) is 11.5 Å². The molecule has 34 heavy (non-hydrogen) atoms. The molecule has 0 bridgehead atoms. The molecule has 0 saturated heterocycles. The van der Waals surface area contributed by atoms with Gasteiger partial charge in [0.2, 0.25) is 0 Å². The number of nitrogens with one attached hydrogen (secondary N) is 2. The molecular weight excluding hydrogens is 434 g/mol. The number of hydrogen-bond acceptors (Lipinski definition) is 6. The van der Waals surface area contributed by atoms with Crippen molar-refractivity contribution in [3.63, 3.8) is 0 Å². The summed E-state index contributed by atoms with van der Waals surface area (Å²) in [5.41, 5.74) is 2.12. The lowest BCUT2D eigenvalue weighted by atomic mass is 10.0. The van der Waals surface area contributed by atoms with Gasteiger partial charge in [-0.25, -0.2) is 9.78 Å². The van der Waals surface area contributed by atoms with Gasteiger partial charge in [0, 0.05) is 16.5 Å². The highest BCUT2D eigenvalue weighted by Gasteiger charge is 2.19. The van der Waals surface area contributed by atoms with Gasteiger partial charge < -0.3 is 15.2 Å². The molecule has 0 saturated carbocycles. The van der Waals surface area contributed by atoms with Crippen LogP contribution in [0.5, 0.6) is 11.5 Å². The number of carbonyl (C=O) groups excluding carboxylic acids is 3. The van der Waals surface area contributed by atoms with Crippen molar-refractivity contribution >= 4 is 34.3 Å². The summed E-state index contributed by atoms with van der Waals surface area (Å²) in [6.07, 6.45) is 0. The minimum absolute atomic E-state index is 0.00465. The van der Waals surface area contributed by atoms with Gasteiger partial charge in [-0.3, -0.25) is 14.9 Å². The molecule has 1 heterocycles. The van der Waals surface area contributed by atoms with Crippen LogP contribution < -0.4 is 15.4 Å². The number of aromatic nitrogens is 1. The maximum Gasteiger partial charge on any atom is 0.326 e. The van der Waals surface area contributed by atoms with Crippen molar-refractivity contribution in [2.24, 2.45) is 0 Å². The van der Waals surface area contributed by atoms with Crippen LogP contribution in [0.15, 0.2) is 72.8 Å². The molecule has 3 amide bonds. The quantitative estimate of drug-likeness (QED) is 0.373. The van der Waals surface area contributed by atoms with E-state index in [4.69, 9.17) is 4.74 Å². The first kappa shape index (κ1) is 22.5. The number of anilines is 1. The van der Waals surface area contributed by atoms with Crippen LogP contribution in [0.3, 0.4) is 0 Å². The number of methoxy groups -OCH3 is 1. The number of urea groups is 1. The number of carbonyl (C=O) groups is 3. The maximum absolute atomic E-state index is 13.2. The Morgan fingerprint density at radius 3 is 2.41 bits per heavy atom. The molecule has 0 atom stereocenters. The minimum atomic E-state index is -0.758. The van der Waals surface area contributed by atoms with E-state index >= 15 is 0 Å². The third kappa shape index (κ3) is 4.56. The molecule has 0 aliphatic carbocycles. The molecule has 0 spiro atoms. The molecule has 0 unspecified atom stereocenters. The SMILES string of the molecule is COc1ccccc1NC(=O)NC(=O)c1cc(-c2ccccc2O)nc2ccc(C(C)=O)cc12. The Morgan fingerprint density at radius 1 is 0.941 bits per heavy atom. The third-order valence-electron chi connectivity index (χ3n) is 5.22. The summed E-state index contributed by atoms with van der Waals surface area (Å²) in [7, 11) is 1.47. The van der Waals surface area contributed by atoms with E-state index in [2.05, 4.69) is 15.6 Å². The van der Waals surface area contributed by atoms with Gasteiger partial charge in [-0.1, -0.05) is 24.3 Å². The first-order chi connectivity index (χ1) is 16.4. The van der Waals surface area contributed by atoms with E-state index in [-0.39, 0.29) is 17.1 Å². The second-order valence-corrected chi connectivity index (χ2v) is 7.47. The lowest BCUT2D eigenvalue weighted by Gasteiger charge is -2.13. The predicted octanol–water partition coefficient (Wildman–Crippen LogP) is 4.78. The number of para-hydroxylation sites is 3. The highest BCUT2D eigenvalue weighted by molar-refractivity contribution is 6.15. The van der Waals surface area contributed by atoms with Crippen molar-refractivity contribution < 1.29 is 24.2 Å². The Morgan fingerprint density at radius 2 is 1.68 bits per heavy atom. The first-order valence-electron chi connectivity index (χ1n) is 10.4. The van der Waals surface area contributed by atoms with E-state index in [1.165, 1.54) is 26.2 Å². The van der Waals surface area contributed by atoms with Gasteiger partial charge in [-0.15, -0.1) is 0 Å². The normalized spacial score (nSPS) is 10.5.